The molecule has 4 nitrogen and oxygen atoms in total. The molecule has 2 aromatic rings. The molecule has 0 saturated heterocycles. The number of anilines is 2. The van der Waals surface area contributed by atoms with Crippen LogP contribution in [0.15, 0.2) is 42.6 Å². The minimum Gasteiger partial charge on any atom is -0.379 e. The van der Waals surface area contributed by atoms with Crippen LogP contribution in [0.4, 0.5) is 11.4 Å². The molecule has 1 N–H and O–H groups in total. The van der Waals surface area contributed by atoms with Crippen LogP contribution in [0.1, 0.15) is 43.2 Å². The van der Waals surface area contributed by atoms with Crippen LogP contribution in [0.3, 0.4) is 0 Å². The van der Waals surface area contributed by atoms with Gasteiger partial charge in [-0.25, -0.2) is 4.98 Å². The Kier molecular flexibility index (Phi) is 4.07. The lowest BCUT2D eigenvalue weighted by Gasteiger charge is -2.29. The van der Waals surface area contributed by atoms with E-state index in [1.54, 1.807) is 12.3 Å². The lowest BCUT2D eigenvalue weighted by atomic mass is 10.0. The van der Waals surface area contributed by atoms with Gasteiger partial charge in [-0.15, -0.1) is 0 Å². The quantitative estimate of drug-likeness (QED) is 0.915. The predicted molar refractivity (Wildman–Crippen MR) is 94.1 cm³/mol. The van der Waals surface area contributed by atoms with Gasteiger partial charge in [-0.3, -0.25) is 4.79 Å². The van der Waals surface area contributed by atoms with E-state index >= 15 is 0 Å². The Morgan fingerprint density at radius 3 is 2.65 bits per heavy atom. The second-order valence-electron chi connectivity index (χ2n) is 7.00. The van der Waals surface area contributed by atoms with Gasteiger partial charge in [0.1, 0.15) is 5.69 Å². The van der Waals surface area contributed by atoms with E-state index in [1.165, 1.54) is 5.56 Å². The molecule has 23 heavy (non-hydrogen) atoms. The van der Waals surface area contributed by atoms with Gasteiger partial charge in [-0.1, -0.05) is 18.2 Å². The van der Waals surface area contributed by atoms with Crippen LogP contribution in [-0.4, -0.2) is 23.0 Å². The van der Waals surface area contributed by atoms with E-state index in [2.05, 4.69) is 37.1 Å². The lowest BCUT2D eigenvalue weighted by Crippen LogP contribution is -2.36. The molecule has 0 unspecified atom stereocenters. The summed E-state index contributed by atoms with van der Waals surface area (Å²) in [5.74, 6) is -0.0283. The molecule has 0 bridgehead atoms. The molecule has 0 fully saturated rings. The molecule has 0 radical (unpaired) electrons. The fourth-order valence-corrected chi connectivity index (χ4v) is 2.91. The van der Waals surface area contributed by atoms with Gasteiger partial charge in [0.25, 0.3) is 5.91 Å². The third-order valence-electron chi connectivity index (χ3n) is 3.86. The Hall–Kier alpha value is -2.36. The van der Waals surface area contributed by atoms with E-state index in [-0.39, 0.29) is 11.4 Å². The molecule has 0 saturated carbocycles. The van der Waals surface area contributed by atoms with Crippen LogP contribution < -0.4 is 10.2 Å². The van der Waals surface area contributed by atoms with E-state index in [0.29, 0.717) is 5.69 Å². The van der Waals surface area contributed by atoms with E-state index in [0.717, 1.165) is 30.8 Å². The standard InChI is InChI=1S/C19H23N3O/c1-19(2,3)21-15-10-11-16(20-13-15)18(23)22-12-6-8-14-7-4-5-9-17(14)22/h4-5,7,9-11,13,21H,6,8,12H2,1-3H3. The van der Waals surface area contributed by atoms with E-state index in [4.69, 9.17) is 0 Å². The normalized spacial score (nSPS) is 14.3. The third kappa shape index (κ3) is 3.52. The summed E-state index contributed by atoms with van der Waals surface area (Å²) in [5, 5.41) is 3.36. The molecule has 4 heteroatoms. The number of nitrogens with one attached hydrogen (secondary N) is 1. The molecule has 1 aromatic carbocycles. The Balaban J connectivity index is 1.82. The fourth-order valence-electron chi connectivity index (χ4n) is 2.91. The summed E-state index contributed by atoms with van der Waals surface area (Å²) in [4.78, 5) is 19.0. The molecule has 120 valence electrons. The van der Waals surface area contributed by atoms with Crippen molar-refractivity contribution in [3.8, 4) is 0 Å². The number of nitrogens with zero attached hydrogens (tertiary/aromatic N) is 2. The molecule has 0 atom stereocenters. The second kappa shape index (κ2) is 6.03. The summed E-state index contributed by atoms with van der Waals surface area (Å²) in [6.45, 7) is 7.03. The van der Waals surface area contributed by atoms with Crippen LogP contribution in [0.25, 0.3) is 0 Å². The molecule has 2 heterocycles. The van der Waals surface area contributed by atoms with Crippen molar-refractivity contribution in [2.45, 2.75) is 39.2 Å². The van der Waals surface area contributed by atoms with Crippen molar-refractivity contribution in [1.29, 1.82) is 0 Å². The number of benzene rings is 1. The van der Waals surface area contributed by atoms with Gasteiger partial charge in [0.05, 0.1) is 11.9 Å². The van der Waals surface area contributed by atoms with Gasteiger partial charge in [-0.05, 0) is 57.4 Å². The zero-order valence-electron chi connectivity index (χ0n) is 14.0. The SMILES string of the molecule is CC(C)(C)Nc1ccc(C(=O)N2CCCc3ccccc32)nc1. The van der Waals surface area contributed by atoms with Crippen LogP contribution in [0.2, 0.25) is 0 Å². The molecule has 0 aliphatic carbocycles. The Bertz CT molecular complexity index is 701. The smallest absolute Gasteiger partial charge is 0.276 e. The van der Waals surface area contributed by atoms with E-state index in [9.17, 15) is 4.79 Å². The number of fused-ring (bicyclic) bond motifs is 1. The second-order valence-corrected chi connectivity index (χ2v) is 7.00. The summed E-state index contributed by atoms with van der Waals surface area (Å²) >= 11 is 0. The fraction of sp³-hybridized carbons (Fsp3) is 0.368. The lowest BCUT2D eigenvalue weighted by molar-refractivity contribution is 0.0980. The van der Waals surface area contributed by atoms with Gasteiger partial charge < -0.3 is 10.2 Å². The maximum Gasteiger partial charge on any atom is 0.276 e. The number of amides is 1. The minimum absolute atomic E-state index is 0.0283. The maximum atomic E-state index is 12.8. The summed E-state index contributed by atoms with van der Waals surface area (Å²) in [5.41, 5.74) is 3.63. The topological polar surface area (TPSA) is 45.2 Å². The molecule has 1 aliphatic rings. The summed E-state index contributed by atoms with van der Waals surface area (Å²) in [6, 6.07) is 11.8. The van der Waals surface area contributed by atoms with Crippen molar-refractivity contribution in [2.24, 2.45) is 0 Å². The van der Waals surface area contributed by atoms with Gasteiger partial charge in [0, 0.05) is 17.8 Å². The van der Waals surface area contributed by atoms with Crippen molar-refractivity contribution in [1.82, 2.24) is 4.98 Å². The number of carbonyl (C=O) groups excluding carboxylic acids is 1. The average molecular weight is 309 g/mol. The molecule has 1 aliphatic heterocycles. The number of aromatic nitrogens is 1. The third-order valence-corrected chi connectivity index (χ3v) is 3.86. The van der Waals surface area contributed by atoms with Crippen LogP contribution in [0, 0.1) is 0 Å². The molecular formula is C19H23N3O. The number of carbonyl (C=O) groups is 1. The number of pyridine rings is 1. The van der Waals surface area contributed by atoms with Crippen molar-refractivity contribution < 1.29 is 4.79 Å². The van der Waals surface area contributed by atoms with Gasteiger partial charge in [0.15, 0.2) is 0 Å². The number of rotatable bonds is 2. The number of aryl methyl sites for hydroxylation is 1. The van der Waals surface area contributed by atoms with Crippen molar-refractivity contribution in [2.75, 3.05) is 16.8 Å². The van der Waals surface area contributed by atoms with Gasteiger partial charge in [-0.2, -0.15) is 0 Å². The Morgan fingerprint density at radius 2 is 1.96 bits per heavy atom. The first kappa shape index (κ1) is 15.5. The molecular weight excluding hydrogens is 286 g/mol. The van der Waals surface area contributed by atoms with E-state index < -0.39 is 0 Å². The first-order valence-electron chi connectivity index (χ1n) is 8.08. The highest BCUT2D eigenvalue weighted by Crippen LogP contribution is 2.28. The van der Waals surface area contributed by atoms with Crippen molar-refractivity contribution in [3.05, 3.63) is 53.9 Å². The first-order valence-corrected chi connectivity index (χ1v) is 8.08. The van der Waals surface area contributed by atoms with Crippen molar-refractivity contribution >= 4 is 17.3 Å². The highest BCUT2D eigenvalue weighted by atomic mass is 16.2. The highest BCUT2D eigenvalue weighted by Gasteiger charge is 2.24. The first-order chi connectivity index (χ1) is 10.9. The summed E-state index contributed by atoms with van der Waals surface area (Å²) in [7, 11) is 0. The predicted octanol–water partition coefficient (Wildman–Crippen LogP) is 3.89. The zero-order valence-corrected chi connectivity index (χ0v) is 14.0. The number of para-hydroxylation sites is 1. The van der Waals surface area contributed by atoms with Gasteiger partial charge in [0.2, 0.25) is 0 Å². The number of hydrogen-bond acceptors (Lipinski definition) is 3. The number of hydrogen-bond donors (Lipinski definition) is 1. The monoisotopic (exact) mass is 309 g/mol. The van der Waals surface area contributed by atoms with Crippen LogP contribution in [0.5, 0.6) is 0 Å². The average Bonchev–Trinajstić information content (AvgIpc) is 2.53. The van der Waals surface area contributed by atoms with Crippen molar-refractivity contribution in [3.63, 3.8) is 0 Å². The highest BCUT2D eigenvalue weighted by molar-refractivity contribution is 6.05. The molecule has 0 spiro atoms. The van der Waals surface area contributed by atoms with Crippen LogP contribution >= 0.6 is 0 Å². The zero-order chi connectivity index (χ0) is 16.4. The molecule has 1 aromatic heterocycles. The largest absolute Gasteiger partial charge is 0.379 e. The molecule has 3 rings (SSSR count). The molecule has 1 amide bonds. The van der Waals surface area contributed by atoms with Crippen LogP contribution in [-0.2, 0) is 6.42 Å². The maximum absolute atomic E-state index is 12.8. The Morgan fingerprint density at radius 1 is 1.17 bits per heavy atom. The Labute approximate surface area is 137 Å². The van der Waals surface area contributed by atoms with Gasteiger partial charge >= 0.3 is 0 Å². The minimum atomic E-state index is -0.0288. The summed E-state index contributed by atoms with van der Waals surface area (Å²) < 4.78 is 0. The van der Waals surface area contributed by atoms with E-state index in [1.807, 2.05) is 29.2 Å². The summed E-state index contributed by atoms with van der Waals surface area (Å²) in [6.07, 6.45) is 3.75.